The second-order valence-corrected chi connectivity index (χ2v) is 8.59. The summed E-state index contributed by atoms with van der Waals surface area (Å²) in [4.78, 5) is 0. The Bertz CT molecular complexity index is 668. The van der Waals surface area contributed by atoms with Crippen molar-refractivity contribution in [1.82, 2.24) is 0 Å². The van der Waals surface area contributed by atoms with Crippen molar-refractivity contribution in [2.75, 3.05) is 21.1 Å². The minimum Gasteiger partial charge on any atom is -1.00 e. The van der Waals surface area contributed by atoms with E-state index in [9.17, 15) is 5.11 Å². The SMILES string of the molecule is C[N+](C)(C)[C@@H](c1ccccc1)[C@@H]1CCCC[C@]1(O)Cc1ccccc1.[I-]. The summed E-state index contributed by atoms with van der Waals surface area (Å²) in [5.41, 5.74) is 1.95. The van der Waals surface area contributed by atoms with Crippen LogP contribution in [0, 0.1) is 5.92 Å². The molecule has 3 rings (SSSR count). The number of hydrogen-bond acceptors (Lipinski definition) is 1. The third-order valence-electron chi connectivity index (χ3n) is 5.77. The summed E-state index contributed by atoms with van der Waals surface area (Å²) in [6, 6.07) is 21.6. The van der Waals surface area contributed by atoms with E-state index in [-0.39, 0.29) is 29.9 Å². The van der Waals surface area contributed by atoms with Gasteiger partial charge in [0.25, 0.3) is 0 Å². The van der Waals surface area contributed by atoms with E-state index in [1.165, 1.54) is 17.5 Å². The van der Waals surface area contributed by atoms with Crippen LogP contribution in [-0.2, 0) is 6.42 Å². The summed E-state index contributed by atoms with van der Waals surface area (Å²) in [5.74, 6) is 0.267. The topological polar surface area (TPSA) is 20.2 Å². The van der Waals surface area contributed by atoms with Crippen molar-refractivity contribution < 1.29 is 33.6 Å². The zero-order chi connectivity index (χ0) is 17.9. The number of nitrogens with zero attached hydrogens (tertiary/aromatic N) is 1. The fourth-order valence-corrected chi connectivity index (χ4v) is 4.74. The van der Waals surface area contributed by atoms with Gasteiger partial charge in [-0.15, -0.1) is 0 Å². The van der Waals surface area contributed by atoms with Gasteiger partial charge in [-0.3, -0.25) is 0 Å². The van der Waals surface area contributed by atoms with Gasteiger partial charge in [-0.2, -0.15) is 0 Å². The van der Waals surface area contributed by atoms with Crippen LogP contribution in [0.1, 0.15) is 42.9 Å². The van der Waals surface area contributed by atoms with E-state index in [0.29, 0.717) is 6.04 Å². The Labute approximate surface area is 175 Å². The molecule has 1 saturated carbocycles. The van der Waals surface area contributed by atoms with E-state index >= 15 is 0 Å². The lowest BCUT2D eigenvalue weighted by Gasteiger charge is -2.48. The quantitative estimate of drug-likeness (QED) is 0.526. The van der Waals surface area contributed by atoms with Gasteiger partial charge in [0.05, 0.1) is 26.7 Å². The highest BCUT2D eigenvalue weighted by Gasteiger charge is 2.48. The number of benzene rings is 2. The molecule has 0 bridgehead atoms. The zero-order valence-corrected chi connectivity index (χ0v) is 18.4. The Balaban J connectivity index is 0.00000243. The molecule has 0 spiro atoms. The van der Waals surface area contributed by atoms with Crippen molar-refractivity contribution in [3.63, 3.8) is 0 Å². The molecule has 0 unspecified atom stereocenters. The van der Waals surface area contributed by atoms with Crippen molar-refractivity contribution in [2.45, 2.75) is 43.7 Å². The van der Waals surface area contributed by atoms with Crippen LogP contribution in [0.2, 0.25) is 0 Å². The summed E-state index contributed by atoms with van der Waals surface area (Å²) in [6.07, 6.45) is 5.08. The summed E-state index contributed by atoms with van der Waals surface area (Å²) in [7, 11) is 6.78. The maximum absolute atomic E-state index is 11.8. The second kappa shape index (κ2) is 8.85. The second-order valence-electron chi connectivity index (χ2n) is 8.59. The number of rotatable bonds is 5. The van der Waals surface area contributed by atoms with Crippen LogP contribution >= 0.6 is 0 Å². The van der Waals surface area contributed by atoms with E-state index < -0.39 is 5.60 Å². The molecule has 0 amide bonds. The molecule has 1 N–H and O–H groups in total. The van der Waals surface area contributed by atoms with Crippen LogP contribution in [0.4, 0.5) is 0 Å². The van der Waals surface area contributed by atoms with Crippen LogP contribution in [0.15, 0.2) is 60.7 Å². The number of aliphatic hydroxyl groups is 1. The predicted octanol–water partition coefficient (Wildman–Crippen LogP) is 1.60. The van der Waals surface area contributed by atoms with Crippen molar-refractivity contribution in [3.05, 3.63) is 71.8 Å². The molecule has 3 heteroatoms. The minimum absolute atomic E-state index is 0. The Hall–Kier alpha value is -0.910. The summed E-state index contributed by atoms with van der Waals surface area (Å²) in [6.45, 7) is 0. The lowest BCUT2D eigenvalue weighted by Crippen LogP contribution is -3.00. The van der Waals surface area contributed by atoms with E-state index in [0.717, 1.165) is 30.2 Å². The zero-order valence-electron chi connectivity index (χ0n) is 16.2. The van der Waals surface area contributed by atoms with Crippen molar-refractivity contribution in [2.24, 2.45) is 5.92 Å². The molecule has 3 atom stereocenters. The van der Waals surface area contributed by atoms with Gasteiger partial charge in [0.2, 0.25) is 0 Å². The third kappa shape index (κ3) is 4.87. The molecule has 2 nitrogen and oxygen atoms in total. The molecule has 0 aromatic heterocycles. The average Bonchev–Trinajstić information content (AvgIpc) is 2.57. The molecular weight excluding hydrogens is 433 g/mol. The van der Waals surface area contributed by atoms with Crippen molar-refractivity contribution >= 4 is 0 Å². The standard InChI is InChI=1S/C23H32NO.HI/c1-24(2,3)22(20-14-8-5-9-15-20)21-16-10-11-17-23(21,25)18-19-12-6-4-7-13-19;/h4-9,12-15,21-22,25H,10-11,16-18H2,1-3H3;1H/q+1;/p-1/t21-,22-,23-;/m0./s1. The fraction of sp³-hybridized carbons (Fsp3) is 0.478. The minimum atomic E-state index is -0.633. The lowest BCUT2D eigenvalue weighted by molar-refractivity contribution is -0.908. The average molecular weight is 465 g/mol. The summed E-state index contributed by atoms with van der Waals surface area (Å²) < 4.78 is 0.839. The molecule has 0 aliphatic heterocycles. The van der Waals surface area contributed by atoms with Gasteiger partial charge in [0, 0.05) is 17.9 Å². The van der Waals surface area contributed by atoms with Crippen LogP contribution in [-0.4, -0.2) is 36.3 Å². The molecule has 142 valence electrons. The van der Waals surface area contributed by atoms with Crippen molar-refractivity contribution in [3.8, 4) is 0 Å². The molecule has 0 saturated heterocycles. The highest BCUT2D eigenvalue weighted by molar-refractivity contribution is 5.22. The molecule has 0 heterocycles. The van der Waals surface area contributed by atoms with Gasteiger partial charge < -0.3 is 33.6 Å². The van der Waals surface area contributed by atoms with Crippen LogP contribution in [0.5, 0.6) is 0 Å². The first-order valence-electron chi connectivity index (χ1n) is 9.52. The molecule has 0 radical (unpaired) electrons. The van der Waals surface area contributed by atoms with E-state index in [4.69, 9.17) is 0 Å². The van der Waals surface area contributed by atoms with Gasteiger partial charge in [-0.1, -0.05) is 73.5 Å². The lowest BCUT2D eigenvalue weighted by atomic mass is 9.67. The van der Waals surface area contributed by atoms with E-state index in [2.05, 4.69) is 75.7 Å². The summed E-state index contributed by atoms with van der Waals surface area (Å²) >= 11 is 0. The summed E-state index contributed by atoms with van der Waals surface area (Å²) in [5, 5.41) is 11.8. The van der Waals surface area contributed by atoms with E-state index in [1.807, 2.05) is 6.07 Å². The maximum atomic E-state index is 11.8. The molecule has 26 heavy (non-hydrogen) atoms. The van der Waals surface area contributed by atoms with Crippen LogP contribution in [0.3, 0.4) is 0 Å². The molecule has 2 aromatic carbocycles. The first-order chi connectivity index (χ1) is 11.9. The maximum Gasteiger partial charge on any atom is 0.120 e. The Morgan fingerprint density at radius 1 is 0.962 bits per heavy atom. The van der Waals surface area contributed by atoms with Crippen LogP contribution < -0.4 is 24.0 Å². The van der Waals surface area contributed by atoms with Gasteiger partial charge >= 0.3 is 0 Å². The van der Waals surface area contributed by atoms with Gasteiger partial charge in [0.15, 0.2) is 0 Å². The van der Waals surface area contributed by atoms with Gasteiger partial charge in [-0.25, -0.2) is 0 Å². The van der Waals surface area contributed by atoms with Crippen molar-refractivity contribution in [1.29, 1.82) is 0 Å². The Morgan fingerprint density at radius 2 is 1.54 bits per heavy atom. The normalized spacial score (nSPS) is 24.5. The van der Waals surface area contributed by atoms with E-state index in [1.54, 1.807) is 0 Å². The molecule has 1 aliphatic rings. The number of hydrogen-bond donors (Lipinski definition) is 1. The predicted molar refractivity (Wildman–Crippen MR) is 104 cm³/mol. The highest BCUT2D eigenvalue weighted by atomic mass is 127. The Kier molecular flexibility index (Phi) is 7.28. The monoisotopic (exact) mass is 465 g/mol. The highest BCUT2D eigenvalue weighted by Crippen LogP contribution is 2.46. The molecule has 1 aliphatic carbocycles. The number of quaternary nitrogens is 1. The Morgan fingerprint density at radius 3 is 2.12 bits per heavy atom. The first kappa shape index (κ1) is 21.4. The fourth-order valence-electron chi connectivity index (χ4n) is 4.74. The van der Waals surface area contributed by atoms with Gasteiger partial charge in [0.1, 0.15) is 6.04 Å². The number of halogens is 1. The third-order valence-corrected chi connectivity index (χ3v) is 5.77. The van der Waals surface area contributed by atoms with Crippen LogP contribution in [0.25, 0.3) is 0 Å². The first-order valence-corrected chi connectivity index (χ1v) is 9.52. The molecule has 1 fully saturated rings. The molecular formula is C23H32INO. The van der Waals surface area contributed by atoms with Gasteiger partial charge in [-0.05, 0) is 18.4 Å². The largest absolute Gasteiger partial charge is 1.00 e. The molecule has 2 aromatic rings. The smallest absolute Gasteiger partial charge is 0.120 e.